The predicted octanol–water partition coefficient (Wildman–Crippen LogP) is 0.241. The Kier molecular flexibility index (Phi) is 5.36. The number of piperazine rings is 1. The summed E-state index contributed by atoms with van der Waals surface area (Å²) in [6.45, 7) is 3.95. The normalized spacial score (nSPS) is 24.1. The van der Waals surface area contributed by atoms with Crippen LogP contribution in [0.1, 0.15) is 36.5 Å². The van der Waals surface area contributed by atoms with Crippen molar-refractivity contribution in [1.82, 2.24) is 20.0 Å². The molecule has 0 saturated carbocycles. The van der Waals surface area contributed by atoms with Crippen LogP contribution in [-0.4, -0.2) is 83.3 Å². The molecular formula is C21H27N5O4. The Morgan fingerprint density at radius 1 is 0.967 bits per heavy atom. The van der Waals surface area contributed by atoms with Crippen molar-refractivity contribution in [2.75, 3.05) is 44.6 Å². The monoisotopic (exact) mass is 413 g/mol. The number of amides is 4. The van der Waals surface area contributed by atoms with Gasteiger partial charge in [0.1, 0.15) is 5.66 Å². The van der Waals surface area contributed by atoms with Crippen molar-refractivity contribution in [1.29, 1.82) is 0 Å². The van der Waals surface area contributed by atoms with Gasteiger partial charge >= 0.3 is 0 Å². The maximum Gasteiger partial charge on any atom is 0.255 e. The number of hydrogen-bond acceptors (Lipinski definition) is 5. The maximum absolute atomic E-state index is 12.7. The minimum absolute atomic E-state index is 0.0127. The van der Waals surface area contributed by atoms with Crippen LogP contribution in [-0.2, 0) is 14.4 Å². The zero-order valence-electron chi connectivity index (χ0n) is 17.1. The van der Waals surface area contributed by atoms with E-state index in [1.165, 1.54) is 6.92 Å². The molecule has 9 nitrogen and oxygen atoms in total. The molecule has 2 fully saturated rings. The van der Waals surface area contributed by atoms with Crippen LogP contribution in [0.25, 0.3) is 0 Å². The van der Waals surface area contributed by atoms with Crippen molar-refractivity contribution in [3.63, 3.8) is 0 Å². The van der Waals surface area contributed by atoms with Gasteiger partial charge in [-0.3, -0.25) is 19.2 Å². The summed E-state index contributed by atoms with van der Waals surface area (Å²) in [6.07, 6.45) is 1.24. The van der Waals surface area contributed by atoms with E-state index >= 15 is 0 Å². The second-order valence-corrected chi connectivity index (χ2v) is 8.16. The second-order valence-electron chi connectivity index (χ2n) is 8.16. The van der Waals surface area contributed by atoms with E-state index in [1.54, 1.807) is 20.8 Å². The van der Waals surface area contributed by atoms with Gasteiger partial charge < -0.3 is 25.3 Å². The van der Waals surface area contributed by atoms with Gasteiger partial charge in [-0.2, -0.15) is 0 Å². The Morgan fingerprint density at radius 2 is 1.67 bits per heavy atom. The van der Waals surface area contributed by atoms with Gasteiger partial charge in [0.2, 0.25) is 17.7 Å². The Hall–Kier alpha value is -3.10. The molecule has 0 radical (unpaired) electrons. The number of carbonyl (C=O) groups is 4. The lowest BCUT2D eigenvalue weighted by atomic mass is 9.95. The maximum atomic E-state index is 12.7. The number of likely N-dealkylation sites (tertiary alicyclic amines) is 1. The molecule has 0 aromatic heterocycles. The molecule has 2 N–H and O–H groups in total. The first-order valence-corrected chi connectivity index (χ1v) is 10.4. The van der Waals surface area contributed by atoms with Crippen LogP contribution in [0.3, 0.4) is 0 Å². The molecule has 3 heterocycles. The molecular weight excluding hydrogens is 386 g/mol. The van der Waals surface area contributed by atoms with Gasteiger partial charge in [-0.1, -0.05) is 12.1 Å². The van der Waals surface area contributed by atoms with Crippen LogP contribution in [0.15, 0.2) is 24.3 Å². The molecule has 4 rings (SSSR count). The third kappa shape index (κ3) is 3.96. The van der Waals surface area contributed by atoms with Crippen molar-refractivity contribution in [2.45, 2.75) is 31.8 Å². The first kappa shape index (κ1) is 20.2. The van der Waals surface area contributed by atoms with Crippen molar-refractivity contribution in [3.8, 4) is 0 Å². The largest absolute Gasteiger partial charge is 0.362 e. The number of hydrogen-bond donors (Lipinski definition) is 2. The molecule has 4 amide bonds. The molecule has 3 aliphatic rings. The molecule has 160 valence electrons. The molecule has 30 heavy (non-hydrogen) atoms. The number of carbonyl (C=O) groups excluding carboxylic acids is 4. The smallest absolute Gasteiger partial charge is 0.255 e. The van der Waals surface area contributed by atoms with E-state index in [0.29, 0.717) is 51.1 Å². The minimum Gasteiger partial charge on any atom is -0.362 e. The number of benzene rings is 1. The highest BCUT2D eigenvalue weighted by Crippen LogP contribution is 2.31. The first-order valence-electron chi connectivity index (χ1n) is 10.4. The summed E-state index contributed by atoms with van der Waals surface area (Å²) < 4.78 is 0. The van der Waals surface area contributed by atoms with Crippen LogP contribution in [0.4, 0.5) is 5.69 Å². The van der Waals surface area contributed by atoms with E-state index in [1.807, 2.05) is 18.2 Å². The number of rotatable bonds is 2. The van der Waals surface area contributed by atoms with Crippen LogP contribution in [0, 0.1) is 0 Å². The van der Waals surface area contributed by atoms with E-state index in [4.69, 9.17) is 0 Å². The molecule has 2 saturated heterocycles. The molecule has 0 aliphatic carbocycles. The standard InChI is InChI=1S/C21H27N5O4/c1-15(27)24-10-12-25(13-11-24)19(29)14-26-9-8-21(7-6-18(26)28)22-17-5-3-2-4-16(17)20(30)23-21/h2-5,22H,6-14H2,1H3,(H,23,30). The molecule has 1 spiro atoms. The Balaban J connectivity index is 1.38. The molecule has 1 aromatic carbocycles. The van der Waals surface area contributed by atoms with E-state index in [0.717, 1.165) is 5.69 Å². The van der Waals surface area contributed by atoms with Gasteiger partial charge in [0, 0.05) is 58.2 Å². The van der Waals surface area contributed by atoms with Crippen molar-refractivity contribution >= 4 is 29.3 Å². The van der Waals surface area contributed by atoms with Gasteiger partial charge in [0.05, 0.1) is 12.1 Å². The topological polar surface area (TPSA) is 102 Å². The van der Waals surface area contributed by atoms with E-state index in [2.05, 4.69) is 10.6 Å². The summed E-state index contributed by atoms with van der Waals surface area (Å²) in [6, 6.07) is 7.32. The number of para-hydroxylation sites is 1. The average Bonchev–Trinajstić information content (AvgIpc) is 2.88. The van der Waals surface area contributed by atoms with Crippen molar-refractivity contribution in [3.05, 3.63) is 29.8 Å². The van der Waals surface area contributed by atoms with Crippen LogP contribution < -0.4 is 10.6 Å². The number of fused-ring (bicyclic) bond motifs is 1. The number of nitrogens with one attached hydrogen (secondary N) is 2. The van der Waals surface area contributed by atoms with Gasteiger partial charge in [0.25, 0.3) is 5.91 Å². The number of anilines is 1. The quantitative estimate of drug-likeness (QED) is 0.723. The Bertz CT molecular complexity index is 880. The Morgan fingerprint density at radius 3 is 2.40 bits per heavy atom. The van der Waals surface area contributed by atoms with Crippen LogP contribution in [0.2, 0.25) is 0 Å². The highest BCUT2D eigenvalue weighted by molar-refractivity contribution is 6.02. The fourth-order valence-electron chi connectivity index (χ4n) is 4.37. The van der Waals surface area contributed by atoms with Gasteiger partial charge in [-0.15, -0.1) is 0 Å². The summed E-state index contributed by atoms with van der Waals surface area (Å²) in [5.41, 5.74) is 0.670. The predicted molar refractivity (Wildman–Crippen MR) is 110 cm³/mol. The highest BCUT2D eigenvalue weighted by atomic mass is 16.2. The zero-order valence-corrected chi connectivity index (χ0v) is 17.1. The highest BCUT2D eigenvalue weighted by Gasteiger charge is 2.40. The van der Waals surface area contributed by atoms with Gasteiger partial charge in [0.15, 0.2) is 0 Å². The van der Waals surface area contributed by atoms with Crippen LogP contribution in [0.5, 0.6) is 0 Å². The molecule has 0 bridgehead atoms. The Labute approximate surface area is 175 Å². The lowest BCUT2D eigenvalue weighted by Crippen LogP contribution is -2.58. The first-order chi connectivity index (χ1) is 14.4. The minimum atomic E-state index is -0.688. The second kappa shape index (κ2) is 7.97. The third-order valence-corrected chi connectivity index (χ3v) is 6.23. The third-order valence-electron chi connectivity index (χ3n) is 6.23. The summed E-state index contributed by atoms with van der Waals surface area (Å²) in [5.74, 6) is -0.325. The molecule has 9 heteroatoms. The lowest BCUT2D eigenvalue weighted by Gasteiger charge is -2.40. The van der Waals surface area contributed by atoms with E-state index in [-0.39, 0.29) is 36.6 Å². The summed E-state index contributed by atoms with van der Waals surface area (Å²) in [5, 5.41) is 6.45. The molecule has 1 aromatic rings. The van der Waals surface area contributed by atoms with Gasteiger partial charge in [-0.05, 0) is 18.6 Å². The van der Waals surface area contributed by atoms with E-state index < -0.39 is 5.66 Å². The average molecular weight is 413 g/mol. The van der Waals surface area contributed by atoms with Crippen molar-refractivity contribution in [2.24, 2.45) is 0 Å². The lowest BCUT2D eigenvalue weighted by molar-refractivity contribution is -0.143. The van der Waals surface area contributed by atoms with Crippen LogP contribution >= 0.6 is 0 Å². The summed E-state index contributed by atoms with van der Waals surface area (Å²) >= 11 is 0. The molecule has 1 unspecified atom stereocenters. The fraction of sp³-hybridized carbons (Fsp3) is 0.524. The van der Waals surface area contributed by atoms with Crippen molar-refractivity contribution < 1.29 is 19.2 Å². The number of nitrogens with zero attached hydrogens (tertiary/aromatic N) is 3. The molecule has 3 aliphatic heterocycles. The fourth-order valence-corrected chi connectivity index (χ4v) is 4.37. The zero-order chi connectivity index (χ0) is 21.3. The molecule has 1 atom stereocenters. The summed E-state index contributed by atoms with van der Waals surface area (Å²) in [4.78, 5) is 54.4. The summed E-state index contributed by atoms with van der Waals surface area (Å²) in [7, 11) is 0. The SMILES string of the molecule is CC(=O)N1CCN(C(=O)CN2CCC3(CCC2=O)NC(=O)c2ccccc2N3)CC1. The van der Waals surface area contributed by atoms with E-state index in [9.17, 15) is 19.2 Å². The van der Waals surface area contributed by atoms with Gasteiger partial charge in [-0.25, -0.2) is 0 Å².